The van der Waals surface area contributed by atoms with E-state index >= 15 is 0 Å². The Hall–Kier alpha value is -3.18. The fraction of sp³-hybridized carbons (Fsp3) is 0.333. The van der Waals surface area contributed by atoms with Gasteiger partial charge >= 0.3 is 6.09 Å². The number of alkyl carbamates (subject to hydrolysis) is 1. The second-order valence-electron chi connectivity index (χ2n) is 6.85. The molecule has 0 aliphatic carbocycles. The molecule has 152 valence electrons. The van der Waals surface area contributed by atoms with E-state index < -0.39 is 23.3 Å². The van der Waals surface area contributed by atoms with Crippen molar-refractivity contribution in [3.8, 4) is 23.6 Å². The van der Waals surface area contributed by atoms with Crippen molar-refractivity contribution >= 4 is 11.8 Å². The normalized spacial score (nSPS) is 18.8. The van der Waals surface area contributed by atoms with Gasteiger partial charge in [-0.05, 0) is 37.1 Å². The molecule has 1 atom stereocenters. The van der Waals surface area contributed by atoms with Crippen molar-refractivity contribution in [2.45, 2.75) is 25.0 Å². The van der Waals surface area contributed by atoms with Gasteiger partial charge in [-0.2, -0.15) is 0 Å². The molecular formula is C21H21F2N3O3. The molecule has 1 saturated heterocycles. The smallest absolute Gasteiger partial charge is 0.408 e. The average Bonchev–Trinajstić information content (AvgIpc) is 2.75. The summed E-state index contributed by atoms with van der Waals surface area (Å²) in [5, 5.41) is 12.6. The summed E-state index contributed by atoms with van der Waals surface area (Å²) in [4.78, 5) is 18.0. The number of aromatic nitrogens is 1. The van der Waals surface area contributed by atoms with Crippen LogP contribution in [0.3, 0.4) is 0 Å². The van der Waals surface area contributed by atoms with Crippen molar-refractivity contribution in [1.82, 2.24) is 10.3 Å². The van der Waals surface area contributed by atoms with Gasteiger partial charge in [0, 0.05) is 17.7 Å². The average molecular weight is 401 g/mol. The minimum Gasteiger partial charge on any atom is -0.453 e. The largest absolute Gasteiger partial charge is 0.453 e. The number of amides is 1. The Morgan fingerprint density at radius 2 is 2.21 bits per heavy atom. The Morgan fingerprint density at radius 1 is 1.41 bits per heavy atom. The number of methoxy groups -OCH3 is 1. The first-order valence-corrected chi connectivity index (χ1v) is 9.05. The van der Waals surface area contributed by atoms with E-state index in [9.17, 15) is 18.7 Å². The van der Waals surface area contributed by atoms with Crippen LogP contribution in [0.4, 0.5) is 19.3 Å². The lowest BCUT2D eigenvalue weighted by Crippen LogP contribution is -2.58. The van der Waals surface area contributed by atoms with Crippen molar-refractivity contribution in [2.24, 2.45) is 0 Å². The zero-order valence-electron chi connectivity index (χ0n) is 15.9. The summed E-state index contributed by atoms with van der Waals surface area (Å²) in [6, 6.07) is 5.14. The molecule has 1 unspecified atom stereocenters. The molecule has 1 aliphatic heterocycles. The van der Waals surface area contributed by atoms with Crippen LogP contribution in [0.2, 0.25) is 0 Å². The van der Waals surface area contributed by atoms with Crippen LogP contribution in [0, 0.1) is 24.0 Å². The number of aliphatic hydroxyl groups is 1. The number of rotatable bonds is 4. The van der Waals surface area contributed by atoms with Crippen LogP contribution < -0.4 is 10.2 Å². The first-order chi connectivity index (χ1) is 13.9. The van der Waals surface area contributed by atoms with Gasteiger partial charge in [-0.3, -0.25) is 4.98 Å². The molecule has 1 aromatic carbocycles. The van der Waals surface area contributed by atoms with Gasteiger partial charge in [-0.1, -0.05) is 5.92 Å². The number of anilines is 1. The molecule has 0 bridgehead atoms. The predicted octanol–water partition coefficient (Wildman–Crippen LogP) is 2.85. The number of carbonyl (C=O) groups is 1. The number of piperidine rings is 1. The highest BCUT2D eigenvalue weighted by molar-refractivity contribution is 5.70. The Bertz CT molecular complexity index is 961. The van der Waals surface area contributed by atoms with E-state index in [0.717, 1.165) is 12.1 Å². The summed E-state index contributed by atoms with van der Waals surface area (Å²) in [5.74, 6) is 0.745. The third-order valence-electron chi connectivity index (χ3n) is 4.99. The molecule has 8 heteroatoms. The lowest BCUT2D eigenvalue weighted by Gasteiger charge is -2.41. The van der Waals surface area contributed by atoms with Crippen molar-refractivity contribution < 1.29 is 23.4 Å². The predicted molar refractivity (Wildman–Crippen MR) is 104 cm³/mol. The molecule has 1 aromatic heterocycles. The molecule has 2 aromatic rings. The maximum Gasteiger partial charge on any atom is 0.408 e. The van der Waals surface area contributed by atoms with Crippen LogP contribution in [0.5, 0.6) is 0 Å². The third kappa shape index (κ3) is 4.30. The van der Waals surface area contributed by atoms with Crippen molar-refractivity contribution in [3.63, 3.8) is 0 Å². The number of hydrogen-bond acceptors (Lipinski definition) is 5. The SMILES string of the molecule is C#CC1(NC(=O)OC)CCCN(c2cnc(-c3ccc(F)c(F)c3)cc2CO)C1. The number of pyridine rings is 1. The number of benzene rings is 1. The maximum absolute atomic E-state index is 13.6. The molecule has 1 fully saturated rings. The topological polar surface area (TPSA) is 74.7 Å². The number of carbonyl (C=O) groups excluding carboxylic acids is 1. The fourth-order valence-electron chi connectivity index (χ4n) is 3.48. The van der Waals surface area contributed by atoms with E-state index in [1.165, 1.54) is 13.2 Å². The zero-order chi connectivity index (χ0) is 21.0. The van der Waals surface area contributed by atoms with Crippen molar-refractivity contribution in [2.75, 3.05) is 25.1 Å². The minimum atomic E-state index is -0.970. The van der Waals surface area contributed by atoms with Gasteiger partial charge in [0.1, 0.15) is 5.54 Å². The molecule has 2 heterocycles. The second-order valence-corrected chi connectivity index (χ2v) is 6.85. The summed E-state index contributed by atoms with van der Waals surface area (Å²) in [5.41, 5.74) is 1.12. The molecule has 0 radical (unpaired) electrons. The maximum atomic E-state index is 13.6. The number of nitrogens with zero attached hydrogens (tertiary/aromatic N) is 2. The van der Waals surface area contributed by atoms with E-state index in [1.807, 2.05) is 4.90 Å². The number of terminal acetylenes is 1. The lowest BCUT2D eigenvalue weighted by molar-refractivity contribution is 0.159. The van der Waals surface area contributed by atoms with E-state index in [1.54, 1.807) is 12.3 Å². The molecule has 1 amide bonds. The highest BCUT2D eigenvalue weighted by Crippen LogP contribution is 2.31. The van der Waals surface area contributed by atoms with Gasteiger partial charge in [0.05, 0.1) is 37.8 Å². The Morgan fingerprint density at radius 3 is 2.86 bits per heavy atom. The molecule has 0 spiro atoms. The molecule has 29 heavy (non-hydrogen) atoms. The minimum absolute atomic E-state index is 0.279. The summed E-state index contributed by atoms with van der Waals surface area (Å²) in [6.07, 6.45) is 7.95. The molecule has 6 nitrogen and oxygen atoms in total. The van der Waals surface area contributed by atoms with Crippen LogP contribution in [-0.4, -0.2) is 41.9 Å². The highest BCUT2D eigenvalue weighted by Gasteiger charge is 2.36. The fourth-order valence-corrected chi connectivity index (χ4v) is 3.48. The van der Waals surface area contributed by atoms with Crippen LogP contribution >= 0.6 is 0 Å². The van der Waals surface area contributed by atoms with E-state index in [-0.39, 0.29) is 6.61 Å². The van der Waals surface area contributed by atoms with Crippen molar-refractivity contribution in [1.29, 1.82) is 0 Å². The van der Waals surface area contributed by atoms with Crippen LogP contribution in [0.15, 0.2) is 30.5 Å². The van der Waals surface area contributed by atoms with E-state index in [4.69, 9.17) is 6.42 Å². The number of ether oxygens (including phenoxy) is 1. The van der Waals surface area contributed by atoms with Gasteiger partial charge in [-0.25, -0.2) is 13.6 Å². The van der Waals surface area contributed by atoms with Gasteiger partial charge in [0.2, 0.25) is 0 Å². The monoisotopic (exact) mass is 401 g/mol. The summed E-state index contributed by atoms with van der Waals surface area (Å²) in [6.45, 7) is 0.696. The first-order valence-electron chi connectivity index (χ1n) is 9.05. The number of nitrogens with one attached hydrogen (secondary N) is 1. The Labute approximate surface area is 167 Å². The Balaban J connectivity index is 1.91. The summed E-state index contributed by atoms with van der Waals surface area (Å²) < 4.78 is 31.4. The first kappa shape index (κ1) is 20.6. The molecular weight excluding hydrogens is 380 g/mol. The van der Waals surface area contributed by atoms with Gasteiger partial charge in [0.25, 0.3) is 0 Å². The zero-order valence-corrected chi connectivity index (χ0v) is 15.9. The quantitative estimate of drug-likeness (QED) is 0.771. The van der Waals surface area contributed by atoms with E-state index in [0.29, 0.717) is 48.4 Å². The van der Waals surface area contributed by atoms with Gasteiger partial charge in [0.15, 0.2) is 11.6 Å². The second kappa shape index (κ2) is 8.45. The molecule has 3 rings (SSSR count). The van der Waals surface area contributed by atoms with Gasteiger partial charge < -0.3 is 20.1 Å². The van der Waals surface area contributed by atoms with Crippen molar-refractivity contribution in [3.05, 3.63) is 47.7 Å². The molecule has 1 aliphatic rings. The molecule has 0 saturated carbocycles. The van der Waals surface area contributed by atoms with Crippen LogP contribution in [0.1, 0.15) is 18.4 Å². The van der Waals surface area contributed by atoms with E-state index in [2.05, 4.69) is 21.0 Å². The molecule has 2 N–H and O–H groups in total. The summed E-state index contributed by atoms with van der Waals surface area (Å²) in [7, 11) is 1.27. The van der Waals surface area contributed by atoms with Crippen LogP contribution in [-0.2, 0) is 11.3 Å². The van der Waals surface area contributed by atoms with Crippen LogP contribution in [0.25, 0.3) is 11.3 Å². The third-order valence-corrected chi connectivity index (χ3v) is 4.99. The Kier molecular flexibility index (Phi) is 5.99. The number of aliphatic hydroxyl groups excluding tert-OH is 1. The number of hydrogen-bond donors (Lipinski definition) is 2. The summed E-state index contributed by atoms with van der Waals surface area (Å²) >= 11 is 0. The highest BCUT2D eigenvalue weighted by atomic mass is 19.2. The standard InChI is InChI=1S/C21H21F2N3O3/c1-3-21(25-20(28)29-2)7-4-8-26(13-21)19-11-24-18(10-15(19)12-27)14-5-6-16(22)17(23)9-14/h1,5-6,9-11,27H,4,7-8,12-13H2,2H3,(H,25,28). The lowest BCUT2D eigenvalue weighted by atomic mass is 9.89. The van der Waals surface area contributed by atoms with Gasteiger partial charge in [-0.15, -0.1) is 6.42 Å². The number of halogens is 2.